The van der Waals surface area contributed by atoms with Crippen molar-refractivity contribution in [2.45, 2.75) is 0 Å². The predicted molar refractivity (Wildman–Crippen MR) is 93.5 cm³/mol. The molecule has 0 heterocycles. The van der Waals surface area contributed by atoms with E-state index in [1.807, 2.05) is 12.1 Å². The highest BCUT2D eigenvalue weighted by Crippen LogP contribution is 2.40. The number of hydrogen-bond acceptors (Lipinski definition) is 2. The van der Waals surface area contributed by atoms with Crippen LogP contribution in [0.5, 0.6) is 0 Å². The maximum absolute atomic E-state index is 11.3. The lowest BCUT2D eigenvalue weighted by atomic mass is 9.96. The summed E-state index contributed by atoms with van der Waals surface area (Å²) in [7, 11) is 0. The fourth-order valence-electron chi connectivity index (χ4n) is 1.90. The van der Waals surface area contributed by atoms with Crippen LogP contribution in [0.25, 0.3) is 11.1 Å². The minimum Gasteiger partial charge on any atom is -0.298 e. The first-order chi connectivity index (χ1) is 9.47. The van der Waals surface area contributed by atoms with Gasteiger partial charge in [-0.15, -0.1) is 0 Å². The second-order valence-corrected chi connectivity index (χ2v) is 7.48. The molecule has 0 saturated carbocycles. The van der Waals surface area contributed by atoms with Gasteiger partial charge in [-0.1, -0.05) is 63.7 Å². The van der Waals surface area contributed by atoms with Gasteiger partial charge < -0.3 is 0 Å². The van der Waals surface area contributed by atoms with Gasteiger partial charge in [0.25, 0.3) is 0 Å². The summed E-state index contributed by atoms with van der Waals surface area (Å²) in [5.74, 6) is 0. The fraction of sp³-hybridized carbons (Fsp3) is 0. The van der Waals surface area contributed by atoms with Crippen LogP contribution in [0.15, 0.2) is 42.2 Å². The number of aldehydes is 2. The van der Waals surface area contributed by atoms with Gasteiger partial charge >= 0.3 is 0 Å². The normalized spacial score (nSPS) is 10.4. The van der Waals surface area contributed by atoms with Crippen LogP contribution in [0.4, 0.5) is 0 Å². The number of carbonyl (C=O) groups is 2. The largest absolute Gasteiger partial charge is 0.298 e. The van der Waals surface area contributed by atoms with Crippen LogP contribution in [-0.2, 0) is 0 Å². The number of rotatable bonds is 3. The Labute approximate surface area is 149 Å². The molecule has 2 aromatic rings. The van der Waals surface area contributed by atoms with E-state index in [2.05, 4.69) is 63.7 Å². The summed E-state index contributed by atoms with van der Waals surface area (Å²) in [6.45, 7) is 0. The molecule has 0 aromatic heterocycles. The minimum atomic E-state index is 0.498. The molecular weight excluding hydrogens is 520 g/mol. The third-order valence-corrected chi connectivity index (χ3v) is 4.84. The lowest BCUT2D eigenvalue weighted by molar-refractivity contribution is 0.111. The second kappa shape index (κ2) is 6.64. The van der Waals surface area contributed by atoms with Crippen LogP contribution in [-0.4, -0.2) is 12.6 Å². The quantitative estimate of drug-likeness (QED) is 0.459. The van der Waals surface area contributed by atoms with Gasteiger partial charge in [0.05, 0.1) is 0 Å². The van der Waals surface area contributed by atoms with Gasteiger partial charge in [0.1, 0.15) is 0 Å². The number of halogens is 4. The molecule has 0 spiro atoms. The number of benzene rings is 2. The second-order valence-electron chi connectivity index (χ2n) is 3.94. The molecule has 0 fully saturated rings. The Morgan fingerprint density at radius 1 is 0.650 bits per heavy atom. The molecule has 0 bridgehead atoms. The van der Waals surface area contributed by atoms with Crippen molar-refractivity contribution in [3.8, 4) is 11.1 Å². The molecule has 0 saturated heterocycles. The summed E-state index contributed by atoms with van der Waals surface area (Å²) in [5, 5.41) is 0. The molecular formula is C14H6Br4O2. The van der Waals surface area contributed by atoms with E-state index in [-0.39, 0.29) is 0 Å². The summed E-state index contributed by atoms with van der Waals surface area (Å²) < 4.78 is 3.05. The van der Waals surface area contributed by atoms with Crippen molar-refractivity contribution in [2.75, 3.05) is 0 Å². The molecule has 0 unspecified atom stereocenters. The van der Waals surface area contributed by atoms with Gasteiger partial charge in [-0.2, -0.15) is 0 Å². The standard InChI is InChI=1S/C14H6Br4O2/c15-9-1-7(5-19)13(11(17)3-9)14-8(6-20)2-10(16)4-12(14)18/h1-6H. The van der Waals surface area contributed by atoms with E-state index in [1.54, 1.807) is 12.1 Å². The highest BCUT2D eigenvalue weighted by Gasteiger charge is 2.17. The maximum Gasteiger partial charge on any atom is 0.150 e. The molecule has 20 heavy (non-hydrogen) atoms. The van der Waals surface area contributed by atoms with E-state index in [1.165, 1.54) is 0 Å². The molecule has 2 nitrogen and oxygen atoms in total. The summed E-state index contributed by atoms with van der Waals surface area (Å²) in [4.78, 5) is 22.7. The number of carbonyl (C=O) groups excluding carboxylic acids is 2. The molecule has 0 aliphatic heterocycles. The zero-order chi connectivity index (χ0) is 14.9. The van der Waals surface area contributed by atoms with E-state index in [4.69, 9.17) is 0 Å². The van der Waals surface area contributed by atoms with Crippen molar-refractivity contribution in [2.24, 2.45) is 0 Å². The number of hydrogen-bond donors (Lipinski definition) is 0. The van der Waals surface area contributed by atoms with E-state index >= 15 is 0 Å². The Morgan fingerprint density at radius 3 is 1.30 bits per heavy atom. The van der Waals surface area contributed by atoms with Gasteiger partial charge in [0.15, 0.2) is 12.6 Å². The van der Waals surface area contributed by atoms with Gasteiger partial charge in [-0.25, -0.2) is 0 Å². The van der Waals surface area contributed by atoms with Crippen molar-refractivity contribution >= 4 is 76.3 Å². The Kier molecular flexibility index (Phi) is 5.34. The molecule has 0 N–H and O–H groups in total. The monoisotopic (exact) mass is 522 g/mol. The van der Waals surface area contributed by atoms with E-state index in [0.29, 0.717) is 22.3 Å². The predicted octanol–water partition coefficient (Wildman–Crippen LogP) is 6.03. The maximum atomic E-state index is 11.3. The summed E-state index contributed by atoms with van der Waals surface area (Å²) >= 11 is 13.6. The highest BCUT2D eigenvalue weighted by molar-refractivity contribution is 9.11. The Balaban J connectivity index is 2.88. The van der Waals surface area contributed by atoms with Crippen molar-refractivity contribution in [1.29, 1.82) is 0 Å². The third-order valence-electron chi connectivity index (χ3n) is 2.67. The zero-order valence-electron chi connectivity index (χ0n) is 9.79. The molecule has 0 aliphatic carbocycles. The molecule has 2 rings (SSSR count). The van der Waals surface area contributed by atoms with Crippen LogP contribution in [0.1, 0.15) is 20.7 Å². The van der Waals surface area contributed by atoms with E-state index in [9.17, 15) is 9.59 Å². The minimum absolute atomic E-state index is 0.498. The summed E-state index contributed by atoms with van der Waals surface area (Å²) in [6.07, 6.45) is 1.54. The Hall–Kier alpha value is -0.300. The first-order valence-electron chi connectivity index (χ1n) is 5.36. The van der Waals surface area contributed by atoms with Gasteiger partial charge in [-0.3, -0.25) is 9.59 Å². The van der Waals surface area contributed by atoms with Crippen LogP contribution >= 0.6 is 63.7 Å². The molecule has 6 heteroatoms. The Morgan fingerprint density at radius 2 is 1.00 bits per heavy atom. The SMILES string of the molecule is O=Cc1cc(Br)cc(Br)c1-c1c(Br)cc(Br)cc1C=O. The van der Waals surface area contributed by atoms with Gasteiger partial charge in [0, 0.05) is 40.1 Å². The van der Waals surface area contributed by atoms with Crippen LogP contribution < -0.4 is 0 Å². The van der Waals surface area contributed by atoms with E-state index in [0.717, 1.165) is 30.5 Å². The van der Waals surface area contributed by atoms with Gasteiger partial charge in [0.2, 0.25) is 0 Å². The lowest BCUT2D eigenvalue weighted by Crippen LogP contribution is -1.96. The van der Waals surface area contributed by atoms with Crippen LogP contribution in [0.2, 0.25) is 0 Å². The fourth-order valence-corrected chi connectivity index (χ4v) is 4.81. The first kappa shape index (κ1) is 16.1. The Bertz CT molecular complexity index is 649. The lowest BCUT2D eigenvalue weighted by Gasteiger charge is -2.14. The average Bonchev–Trinajstić information content (AvgIpc) is 2.38. The molecule has 2 aromatic carbocycles. The topological polar surface area (TPSA) is 34.1 Å². The van der Waals surface area contributed by atoms with Crippen molar-refractivity contribution in [1.82, 2.24) is 0 Å². The summed E-state index contributed by atoms with van der Waals surface area (Å²) in [5.41, 5.74) is 2.36. The molecule has 102 valence electrons. The van der Waals surface area contributed by atoms with Crippen molar-refractivity contribution in [3.05, 3.63) is 53.3 Å². The first-order valence-corrected chi connectivity index (χ1v) is 8.54. The van der Waals surface area contributed by atoms with Crippen LogP contribution in [0.3, 0.4) is 0 Å². The highest BCUT2D eigenvalue weighted by atomic mass is 79.9. The molecule has 0 atom stereocenters. The smallest absolute Gasteiger partial charge is 0.150 e. The van der Waals surface area contributed by atoms with Crippen molar-refractivity contribution < 1.29 is 9.59 Å². The van der Waals surface area contributed by atoms with Crippen LogP contribution in [0, 0.1) is 0 Å². The molecule has 0 amide bonds. The van der Waals surface area contributed by atoms with E-state index < -0.39 is 0 Å². The van der Waals surface area contributed by atoms with Crippen molar-refractivity contribution in [3.63, 3.8) is 0 Å². The summed E-state index contributed by atoms with van der Waals surface area (Å²) in [6, 6.07) is 7.11. The average molecular weight is 526 g/mol. The third kappa shape index (κ3) is 3.13. The van der Waals surface area contributed by atoms with Gasteiger partial charge in [-0.05, 0) is 24.3 Å². The molecule has 0 radical (unpaired) electrons. The zero-order valence-corrected chi connectivity index (χ0v) is 16.1. The molecule has 0 aliphatic rings.